The highest BCUT2D eigenvalue weighted by molar-refractivity contribution is 14.0. The molecule has 1 aromatic carbocycles. The van der Waals surface area contributed by atoms with E-state index in [-0.39, 0.29) is 29.5 Å². The molecule has 0 saturated carbocycles. The van der Waals surface area contributed by atoms with E-state index in [0.717, 1.165) is 44.4 Å². The lowest BCUT2D eigenvalue weighted by atomic mass is 9.94. The van der Waals surface area contributed by atoms with E-state index < -0.39 is 0 Å². The summed E-state index contributed by atoms with van der Waals surface area (Å²) in [6.45, 7) is 10.9. The second-order valence-electron chi connectivity index (χ2n) is 7.60. The zero-order valence-corrected chi connectivity index (χ0v) is 19.6. The molecule has 0 saturated heterocycles. The molecule has 3 rings (SSSR count). The van der Waals surface area contributed by atoms with E-state index in [4.69, 9.17) is 0 Å². The fourth-order valence-corrected chi connectivity index (χ4v) is 3.38. The first-order chi connectivity index (χ1) is 13.0. The van der Waals surface area contributed by atoms with Crippen LogP contribution in [-0.2, 0) is 26.6 Å². The van der Waals surface area contributed by atoms with Crippen LogP contribution in [0.4, 0.5) is 0 Å². The van der Waals surface area contributed by atoms with Gasteiger partial charge in [-0.25, -0.2) is 9.98 Å². The van der Waals surface area contributed by atoms with Crippen molar-refractivity contribution >= 4 is 29.9 Å². The first-order valence-electron chi connectivity index (χ1n) is 9.66. The predicted octanol–water partition coefficient (Wildman–Crippen LogP) is 2.33. The number of aromatic nitrogens is 3. The van der Waals surface area contributed by atoms with Crippen molar-refractivity contribution < 1.29 is 0 Å². The SMILES string of the molecule is CCNC(=NCc1ncnn1C)NCC(C)(C)N1CCc2ccccc2C1.I. The lowest BCUT2D eigenvalue weighted by Crippen LogP contribution is -2.54. The van der Waals surface area contributed by atoms with Crippen molar-refractivity contribution in [1.29, 1.82) is 0 Å². The molecule has 8 heteroatoms. The summed E-state index contributed by atoms with van der Waals surface area (Å²) in [6, 6.07) is 8.77. The van der Waals surface area contributed by atoms with Crippen LogP contribution < -0.4 is 10.6 Å². The third-order valence-electron chi connectivity index (χ3n) is 5.20. The average molecular weight is 497 g/mol. The van der Waals surface area contributed by atoms with Gasteiger partial charge in [0.2, 0.25) is 0 Å². The molecule has 1 aliphatic heterocycles. The Labute approximate surface area is 185 Å². The molecule has 0 fully saturated rings. The second-order valence-corrected chi connectivity index (χ2v) is 7.60. The van der Waals surface area contributed by atoms with Gasteiger partial charge in [-0.05, 0) is 38.3 Å². The highest BCUT2D eigenvalue weighted by Gasteiger charge is 2.29. The van der Waals surface area contributed by atoms with Gasteiger partial charge >= 0.3 is 0 Å². The third kappa shape index (κ3) is 5.66. The second kappa shape index (κ2) is 10.2. The molecule has 7 nitrogen and oxygen atoms in total. The highest BCUT2D eigenvalue weighted by atomic mass is 127. The van der Waals surface area contributed by atoms with E-state index in [1.54, 1.807) is 11.0 Å². The van der Waals surface area contributed by atoms with E-state index >= 15 is 0 Å². The standard InChI is InChI=1S/C20H31N7.HI/c1-5-21-19(22-12-18-24-15-25-26(18)4)23-14-20(2,3)27-11-10-16-8-6-7-9-17(16)13-27;/h6-9,15H,5,10-14H2,1-4H3,(H2,21,22,23);1H. The number of hydrogen-bond acceptors (Lipinski definition) is 4. The minimum absolute atomic E-state index is 0. The summed E-state index contributed by atoms with van der Waals surface area (Å²) < 4.78 is 1.75. The molecule has 2 N–H and O–H groups in total. The maximum atomic E-state index is 4.65. The van der Waals surface area contributed by atoms with Gasteiger partial charge in [0.05, 0.1) is 0 Å². The summed E-state index contributed by atoms with van der Waals surface area (Å²) in [6.07, 6.45) is 2.67. The summed E-state index contributed by atoms with van der Waals surface area (Å²) in [5.41, 5.74) is 2.95. The Morgan fingerprint density at radius 1 is 1.21 bits per heavy atom. The molecule has 28 heavy (non-hydrogen) atoms. The number of halogens is 1. The average Bonchev–Trinajstić information content (AvgIpc) is 3.08. The van der Waals surface area contributed by atoms with Crippen molar-refractivity contribution in [3.8, 4) is 0 Å². The molecule has 0 radical (unpaired) electrons. The van der Waals surface area contributed by atoms with Gasteiger partial charge in [0, 0.05) is 38.8 Å². The lowest BCUT2D eigenvalue weighted by Gasteiger charge is -2.42. The van der Waals surface area contributed by atoms with E-state index in [2.05, 4.69) is 75.6 Å². The van der Waals surface area contributed by atoms with Gasteiger partial charge in [-0.1, -0.05) is 24.3 Å². The lowest BCUT2D eigenvalue weighted by molar-refractivity contribution is 0.107. The largest absolute Gasteiger partial charge is 0.357 e. The Morgan fingerprint density at radius 3 is 2.64 bits per heavy atom. The molecular weight excluding hydrogens is 465 g/mol. The van der Waals surface area contributed by atoms with E-state index in [9.17, 15) is 0 Å². The quantitative estimate of drug-likeness (QED) is 0.364. The number of guanidine groups is 1. The molecule has 0 aliphatic carbocycles. The molecule has 2 aromatic rings. The number of nitrogens with one attached hydrogen (secondary N) is 2. The van der Waals surface area contributed by atoms with E-state index in [1.165, 1.54) is 11.1 Å². The van der Waals surface area contributed by atoms with Gasteiger partial charge in [-0.15, -0.1) is 24.0 Å². The van der Waals surface area contributed by atoms with Crippen molar-refractivity contribution in [3.05, 3.63) is 47.5 Å². The summed E-state index contributed by atoms with van der Waals surface area (Å²) in [4.78, 5) is 11.4. The number of benzene rings is 1. The first-order valence-corrected chi connectivity index (χ1v) is 9.66. The smallest absolute Gasteiger partial charge is 0.191 e. The van der Waals surface area contributed by atoms with E-state index in [0.29, 0.717) is 6.54 Å². The topological polar surface area (TPSA) is 70.4 Å². The van der Waals surface area contributed by atoms with Crippen molar-refractivity contribution in [1.82, 2.24) is 30.3 Å². The van der Waals surface area contributed by atoms with Gasteiger partial charge in [-0.3, -0.25) is 9.58 Å². The van der Waals surface area contributed by atoms with Crippen molar-refractivity contribution in [2.24, 2.45) is 12.0 Å². The van der Waals surface area contributed by atoms with Gasteiger partial charge in [-0.2, -0.15) is 5.10 Å². The molecule has 0 atom stereocenters. The first kappa shape index (κ1) is 22.6. The van der Waals surface area contributed by atoms with Crippen LogP contribution in [0.25, 0.3) is 0 Å². The number of aliphatic imine (C=N–C) groups is 1. The maximum absolute atomic E-state index is 4.65. The van der Waals surface area contributed by atoms with Gasteiger partial charge in [0.15, 0.2) is 5.96 Å². The maximum Gasteiger partial charge on any atom is 0.191 e. The monoisotopic (exact) mass is 497 g/mol. The number of fused-ring (bicyclic) bond motifs is 1. The van der Waals surface area contributed by atoms with Crippen LogP contribution in [0.5, 0.6) is 0 Å². The minimum Gasteiger partial charge on any atom is -0.357 e. The summed E-state index contributed by atoms with van der Waals surface area (Å²) in [5.74, 6) is 1.66. The normalized spacial score (nSPS) is 14.9. The van der Waals surface area contributed by atoms with Crippen molar-refractivity contribution in [3.63, 3.8) is 0 Å². The molecule has 1 aliphatic rings. The zero-order chi connectivity index (χ0) is 19.3. The molecule has 0 bridgehead atoms. The van der Waals surface area contributed by atoms with Crippen LogP contribution in [-0.4, -0.2) is 50.8 Å². The van der Waals surface area contributed by atoms with Crippen LogP contribution in [0, 0.1) is 0 Å². The molecule has 0 amide bonds. The third-order valence-corrected chi connectivity index (χ3v) is 5.20. The van der Waals surface area contributed by atoms with Crippen molar-refractivity contribution in [2.45, 2.75) is 45.8 Å². The number of hydrogen-bond donors (Lipinski definition) is 2. The van der Waals surface area contributed by atoms with Crippen LogP contribution in [0.2, 0.25) is 0 Å². The van der Waals surface area contributed by atoms with Gasteiger partial charge in [0.1, 0.15) is 18.7 Å². The Morgan fingerprint density at radius 2 is 1.96 bits per heavy atom. The van der Waals surface area contributed by atoms with Crippen LogP contribution in [0.15, 0.2) is 35.6 Å². The molecule has 2 heterocycles. The summed E-state index contributed by atoms with van der Waals surface area (Å²) >= 11 is 0. The molecular formula is C20H32IN7. The highest BCUT2D eigenvalue weighted by Crippen LogP contribution is 2.24. The molecule has 0 unspecified atom stereocenters. The van der Waals surface area contributed by atoms with Crippen LogP contribution in [0.1, 0.15) is 37.7 Å². The molecule has 1 aromatic heterocycles. The Bertz CT molecular complexity index is 784. The Kier molecular flexibility index (Phi) is 8.23. The van der Waals surface area contributed by atoms with Crippen molar-refractivity contribution in [2.75, 3.05) is 19.6 Å². The number of nitrogens with zero attached hydrogens (tertiary/aromatic N) is 5. The Hall–Kier alpha value is -1.68. The summed E-state index contributed by atoms with van der Waals surface area (Å²) in [7, 11) is 1.88. The predicted molar refractivity (Wildman–Crippen MR) is 124 cm³/mol. The van der Waals surface area contributed by atoms with Gasteiger partial charge in [0.25, 0.3) is 0 Å². The Balaban J connectivity index is 0.00000280. The minimum atomic E-state index is 0. The van der Waals surface area contributed by atoms with Crippen LogP contribution in [0.3, 0.4) is 0 Å². The summed E-state index contributed by atoms with van der Waals surface area (Å²) in [5, 5.41) is 10.9. The number of rotatable bonds is 6. The molecule has 154 valence electrons. The number of aryl methyl sites for hydroxylation is 1. The molecule has 0 spiro atoms. The zero-order valence-electron chi connectivity index (χ0n) is 17.3. The van der Waals surface area contributed by atoms with Crippen LogP contribution >= 0.6 is 24.0 Å². The van der Waals surface area contributed by atoms with Gasteiger partial charge < -0.3 is 10.6 Å². The fourth-order valence-electron chi connectivity index (χ4n) is 3.38. The van der Waals surface area contributed by atoms with E-state index in [1.807, 2.05) is 7.05 Å². The fraction of sp³-hybridized carbons (Fsp3) is 0.550.